The van der Waals surface area contributed by atoms with Crippen LogP contribution < -0.4 is 10.5 Å². The van der Waals surface area contributed by atoms with Gasteiger partial charge in [-0.15, -0.1) is 0 Å². The zero-order valence-corrected chi connectivity index (χ0v) is 10.3. The van der Waals surface area contributed by atoms with Crippen LogP contribution >= 0.6 is 0 Å². The Kier molecular flexibility index (Phi) is 2.93. The van der Waals surface area contributed by atoms with Crippen molar-refractivity contribution in [1.29, 1.82) is 0 Å². The Morgan fingerprint density at radius 1 is 1.56 bits per heavy atom. The van der Waals surface area contributed by atoms with Crippen LogP contribution in [-0.2, 0) is 7.05 Å². The number of rotatable bonds is 4. The summed E-state index contributed by atoms with van der Waals surface area (Å²) in [6.45, 7) is 4.39. The van der Waals surface area contributed by atoms with Gasteiger partial charge in [-0.25, -0.2) is 0 Å². The van der Waals surface area contributed by atoms with Crippen LogP contribution in [0.25, 0.3) is 0 Å². The van der Waals surface area contributed by atoms with Gasteiger partial charge >= 0.3 is 0 Å². The van der Waals surface area contributed by atoms with Gasteiger partial charge in [0.25, 0.3) is 0 Å². The third-order valence-electron chi connectivity index (χ3n) is 4.12. The van der Waals surface area contributed by atoms with E-state index < -0.39 is 0 Å². The summed E-state index contributed by atoms with van der Waals surface area (Å²) in [6.07, 6.45) is 7.03. The third-order valence-corrected chi connectivity index (χ3v) is 4.12. The maximum atomic E-state index is 6.13. The van der Waals surface area contributed by atoms with E-state index in [2.05, 4.69) is 18.9 Å². The first kappa shape index (κ1) is 11.5. The van der Waals surface area contributed by atoms with E-state index in [0.29, 0.717) is 0 Å². The second-order valence-corrected chi connectivity index (χ2v) is 4.74. The van der Waals surface area contributed by atoms with Crippen molar-refractivity contribution in [1.82, 2.24) is 9.78 Å². The van der Waals surface area contributed by atoms with Gasteiger partial charge in [-0.2, -0.15) is 5.10 Å². The number of hydrogen-bond acceptors (Lipinski definition) is 3. The summed E-state index contributed by atoms with van der Waals surface area (Å²) >= 11 is 0. The van der Waals surface area contributed by atoms with Crippen LogP contribution in [0.4, 0.5) is 0 Å². The van der Waals surface area contributed by atoms with Crippen molar-refractivity contribution in [2.75, 3.05) is 0 Å². The summed E-state index contributed by atoms with van der Waals surface area (Å²) in [4.78, 5) is 0. The summed E-state index contributed by atoms with van der Waals surface area (Å²) in [7, 11) is 1.90. The number of hydrogen-bond donors (Lipinski definition) is 1. The predicted octanol–water partition coefficient (Wildman–Crippen LogP) is 1.70. The van der Waals surface area contributed by atoms with E-state index in [1.165, 1.54) is 0 Å². The van der Waals surface area contributed by atoms with Crippen molar-refractivity contribution in [3.8, 4) is 5.75 Å². The Bertz CT molecular complexity index is 357. The minimum Gasteiger partial charge on any atom is -0.486 e. The molecule has 0 aromatic carbocycles. The van der Waals surface area contributed by atoms with Gasteiger partial charge in [0.05, 0.1) is 12.4 Å². The molecule has 0 aliphatic heterocycles. The minimum absolute atomic E-state index is 0.163. The van der Waals surface area contributed by atoms with Crippen molar-refractivity contribution in [2.24, 2.45) is 18.2 Å². The molecule has 2 rings (SSSR count). The Morgan fingerprint density at radius 2 is 2.25 bits per heavy atom. The summed E-state index contributed by atoms with van der Waals surface area (Å²) < 4.78 is 7.73. The molecule has 2 N–H and O–H groups in total. The highest BCUT2D eigenvalue weighted by atomic mass is 16.5. The second-order valence-electron chi connectivity index (χ2n) is 4.74. The minimum atomic E-state index is 0.163. The van der Waals surface area contributed by atoms with Crippen LogP contribution in [0.3, 0.4) is 0 Å². The molecule has 0 spiro atoms. The molecular weight excluding hydrogens is 202 g/mol. The van der Waals surface area contributed by atoms with Gasteiger partial charge in [0.2, 0.25) is 0 Å². The van der Waals surface area contributed by atoms with Crippen LogP contribution in [0.1, 0.15) is 33.1 Å². The Morgan fingerprint density at radius 3 is 2.69 bits per heavy atom. The van der Waals surface area contributed by atoms with E-state index in [4.69, 9.17) is 10.5 Å². The number of ether oxygens (including phenoxy) is 1. The topological polar surface area (TPSA) is 53.1 Å². The third kappa shape index (κ3) is 1.61. The van der Waals surface area contributed by atoms with E-state index in [9.17, 15) is 0 Å². The summed E-state index contributed by atoms with van der Waals surface area (Å²) in [6, 6.07) is 0.282. The summed E-state index contributed by atoms with van der Waals surface area (Å²) in [5.41, 5.74) is 6.29. The smallest absolute Gasteiger partial charge is 0.157 e. The van der Waals surface area contributed by atoms with Gasteiger partial charge in [-0.1, -0.05) is 13.8 Å². The van der Waals surface area contributed by atoms with E-state index >= 15 is 0 Å². The molecule has 1 fully saturated rings. The van der Waals surface area contributed by atoms with Gasteiger partial charge in [0, 0.05) is 24.9 Å². The molecule has 4 nitrogen and oxygen atoms in total. The van der Waals surface area contributed by atoms with Crippen LogP contribution in [0, 0.1) is 5.41 Å². The fourth-order valence-electron chi connectivity index (χ4n) is 2.80. The molecule has 1 aromatic rings. The van der Waals surface area contributed by atoms with Gasteiger partial charge in [0.1, 0.15) is 6.10 Å². The second kappa shape index (κ2) is 4.09. The van der Waals surface area contributed by atoms with Crippen molar-refractivity contribution >= 4 is 0 Å². The van der Waals surface area contributed by atoms with E-state index in [-0.39, 0.29) is 17.6 Å². The van der Waals surface area contributed by atoms with E-state index in [1.54, 1.807) is 10.9 Å². The molecule has 4 heteroatoms. The fourth-order valence-corrected chi connectivity index (χ4v) is 2.80. The molecule has 0 bridgehead atoms. The van der Waals surface area contributed by atoms with Gasteiger partial charge in [0.15, 0.2) is 5.75 Å². The molecule has 2 atom stereocenters. The van der Waals surface area contributed by atoms with Crippen LogP contribution in [0.2, 0.25) is 0 Å². The lowest BCUT2D eigenvalue weighted by Gasteiger charge is -2.53. The largest absolute Gasteiger partial charge is 0.486 e. The lowest BCUT2D eigenvalue weighted by molar-refractivity contribution is -0.0722. The maximum Gasteiger partial charge on any atom is 0.157 e. The molecule has 16 heavy (non-hydrogen) atoms. The highest BCUT2D eigenvalue weighted by molar-refractivity contribution is 5.16. The predicted molar refractivity (Wildman–Crippen MR) is 63.2 cm³/mol. The number of aryl methyl sites for hydroxylation is 1. The SMILES string of the molecule is CCC1(CC)C(N)CC1Oc1cnn(C)c1. The van der Waals surface area contributed by atoms with Crippen molar-refractivity contribution in [2.45, 2.75) is 45.3 Å². The van der Waals surface area contributed by atoms with Gasteiger partial charge in [-0.05, 0) is 12.8 Å². The normalized spacial score (nSPS) is 27.5. The first-order chi connectivity index (χ1) is 7.62. The van der Waals surface area contributed by atoms with Crippen LogP contribution in [-0.4, -0.2) is 21.9 Å². The highest BCUT2D eigenvalue weighted by Crippen LogP contribution is 2.47. The summed E-state index contributed by atoms with van der Waals surface area (Å²) in [5.74, 6) is 0.852. The Hall–Kier alpha value is -1.03. The molecule has 0 saturated heterocycles. The average Bonchev–Trinajstić information content (AvgIpc) is 2.65. The van der Waals surface area contributed by atoms with Crippen LogP contribution in [0.15, 0.2) is 12.4 Å². The van der Waals surface area contributed by atoms with Gasteiger partial charge < -0.3 is 10.5 Å². The molecule has 0 amide bonds. The zero-order chi connectivity index (χ0) is 11.8. The standard InChI is InChI=1S/C12H21N3O/c1-4-12(5-2)10(13)6-11(12)16-9-7-14-15(3)8-9/h7-8,10-11H,4-6,13H2,1-3H3. The Labute approximate surface area is 96.8 Å². The van der Waals surface area contributed by atoms with Crippen molar-refractivity contribution in [3.63, 3.8) is 0 Å². The molecule has 1 aromatic heterocycles. The molecule has 1 aliphatic rings. The zero-order valence-electron chi connectivity index (χ0n) is 10.3. The molecule has 90 valence electrons. The number of nitrogens with two attached hydrogens (primary N) is 1. The number of aromatic nitrogens is 2. The van der Waals surface area contributed by atoms with E-state index in [1.807, 2.05) is 13.2 Å². The molecule has 2 unspecified atom stereocenters. The first-order valence-corrected chi connectivity index (χ1v) is 6.03. The summed E-state index contributed by atoms with van der Waals surface area (Å²) in [5, 5.41) is 4.11. The van der Waals surface area contributed by atoms with Gasteiger partial charge in [-0.3, -0.25) is 4.68 Å². The number of nitrogens with zero attached hydrogens (tertiary/aromatic N) is 2. The lowest BCUT2D eigenvalue weighted by Crippen LogP contribution is -2.62. The van der Waals surface area contributed by atoms with Crippen molar-refractivity contribution < 1.29 is 4.74 Å². The fraction of sp³-hybridized carbons (Fsp3) is 0.750. The monoisotopic (exact) mass is 223 g/mol. The average molecular weight is 223 g/mol. The molecule has 1 saturated carbocycles. The first-order valence-electron chi connectivity index (χ1n) is 6.03. The molecule has 1 aliphatic carbocycles. The quantitative estimate of drug-likeness (QED) is 0.845. The van der Waals surface area contributed by atoms with Crippen LogP contribution in [0.5, 0.6) is 5.75 Å². The lowest BCUT2D eigenvalue weighted by atomic mass is 9.59. The highest BCUT2D eigenvalue weighted by Gasteiger charge is 2.52. The molecular formula is C12H21N3O. The Balaban J connectivity index is 2.06. The molecule has 0 radical (unpaired) electrons. The van der Waals surface area contributed by atoms with Crippen molar-refractivity contribution in [3.05, 3.63) is 12.4 Å². The van der Waals surface area contributed by atoms with E-state index in [0.717, 1.165) is 25.0 Å². The molecule has 1 heterocycles. The maximum absolute atomic E-state index is 6.13.